The van der Waals surface area contributed by atoms with Crippen molar-refractivity contribution in [1.82, 2.24) is 10.3 Å². The predicted octanol–water partition coefficient (Wildman–Crippen LogP) is 4.46. The summed E-state index contributed by atoms with van der Waals surface area (Å²) in [5.41, 5.74) is 2.85. The van der Waals surface area contributed by atoms with Crippen molar-refractivity contribution in [3.8, 4) is 11.5 Å². The average Bonchev–Trinajstić information content (AvgIpc) is 2.82. The van der Waals surface area contributed by atoms with E-state index in [9.17, 15) is 9.59 Å². The molecule has 0 saturated heterocycles. The summed E-state index contributed by atoms with van der Waals surface area (Å²) >= 11 is 0. The molecule has 2 amide bonds. The van der Waals surface area contributed by atoms with Crippen LogP contribution >= 0.6 is 0 Å². The molecule has 3 rings (SSSR count). The highest BCUT2D eigenvalue weighted by molar-refractivity contribution is 6.04. The maximum Gasteiger partial charge on any atom is 0.255 e. The molecule has 3 aromatic rings. The van der Waals surface area contributed by atoms with Gasteiger partial charge >= 0.3 is 0 Å². The van der Waals surface area contributed by atoms with E-state index in [1.54, 1.807) is 43.8 Å². The largest absolute Gasteiger partial charge is 0.493 e. The Bertz CT molecular complexity index is 1130. The summed E-state index contributed by atoms with van der Waals surface area (Å²) in [4.78, 5) is 28.5. The summed E-state index contributed by atoms with van der Waals surface area (Å²) in [5.74, 6) is 0.811. The van der Waals surface area contributed by atoms with Crippen LogP contribution in [0.25, 0.3) is 6.08 Å². The SMILES string of the molecule is COc1cc(C=CC(=O)NCc2cccc(NC(=O)c3ccncc3)c2)ccc1OC(C)C. The first-order valence-electron chi connectivity index (χ1n) is 10.6. The Morgan fingerprint density at radius 1 is 1.03 bits per heavy atom. The van der Waals surface area contributed by atoms with E-state index in [2.05, 4.69) is 15.6 Å². The maximum atomic E-state index is 12.3. The normalized spacial score (nSPS) is 10.8. The van der Waals surface area contributed by atoms with Gasteiger partial charge in [0.2, 0.25) is 5.91 Å². The Morgan fingerprint density at radius 3 is 2.55 bits per heavy atom. The smallest absolute Gasteiger partial charge is 0.255 e. The minimum Gasteiger partial charge on any atom is -0.493 e. The molecule has 0 fully saturated rings. The molecule has 0 aliphatic rings. The van der Waals surface area contributed by atoms with Crippen LogP contribution in [-0.4, -0.2) is 30.0 Å². The van der Waals surface area contributed by atoms with E-state index in [4.69, 9.17) is 9.47 Å². The quantitative estimate of drug-likeness (QED) is 0.475. The van der Waals surface area contributed by atoms with Gasteiger partial charge in [-0.25, -0.2) is 0 Å². The number of hydrogen-bond acceptors (Lipinski definition) is 5. The lowest BCUT2D eigenvalue weighted by Crippen LogP contribution is -2.20. The number of benzene rings is 2. The van der Waals surface area contributed by atoms with Crippen LogP contribution in [0.2, 0.25) is 0 Å². The van der Waals surface area contributed by atoms with E-state index in [1.165, 1.54) is 6.08 Å². The molecule has 2 aromatic carbocycles. The minimum absolute atomic E-state index is 0.0357. The van der Waals surface area contributed by atoms with Crippen LogP contribution in [0, 0.1) is 0 Å². The van der Waals surface area contributed by atoms with E-state index in [0.717, 1.165) is 11.1 Å². The molecule has 0 atom stereocenters. The summed E-state index contributed by atoms with van der Waals surface area (Å²) in [6.45, 7) is 4.22. The number of anilines is 1. The van der Waals surface area contributed by atoms with Gasteiger partial charge in [0.15, 0.2) is 11.5 Å². The van der Waals surface area contributed by atoms with E-state index in [1.807, 2.05) is 50.2 Å². The number of hydrogen-bond donors (Lipinski definition) is 2. The van der Waals surface area contributed by atoms with Crippen molar-refractivity contribution in [3.63, 3.8) is 0 Å². The summed E-state index contributed by atoms with van der Waals surface area (Å²) in [6.07, 6.45) is 6.35. The molecule has 0 aliphatic carbocycles. The van der Waals surface area contributed by atoms with E-state index < -0.39 is 0 Å². The van der Waals surface area contributed by atoms with E-state index in [0.29, 0.717) is 29.3 Å². The standard InChI is InChI=1S/C26H27N3O4/c1-18(2)33-23-9-7-19(16-24(23)32-3)8-10-25(30)28-17-20-5-4-6-22(15-20)29-26(31)21-11-13-27-14-12-21/h4-16,18H,17H2,1-3H3,(H,28,30)(H,29,31). The third kappa shape index (κ3) is 7.21. The number of methoxy groups -OCH3 is 1. The number of amides is 2. The van der Waals surface area contributed by atoms with Crippen LogP contribution < -0.4 is 20.1 Å². The van der Waals surface area contributed by atoms with Crippen molar-refractivity contribution in [1.29, 1.82) is 0 Å². The average molecular weight is 446 g/mol. The number of carbonyl (C=O) groups excluding carboxylic acids is 2. The lowest BCUT2D eigenvalue weighted by atomic mass is 10.1. The van der Waals surface area contributed by atoms with Crippen LogP contribution in [0.4, 0.5) is 5.69 Å². The number of ether oxygens (including phenoxy) is 2. The van der Waals surface area contributed by atoms with Gasteiger partial charge in [0, 0.05) is 36.3 Å². The van der Waals surface area contributed by atoms with Gasteiger partial charge in [0.1, 0.15) is 0 Å². The third-order valence-electron chi connectivity index (χ3n) is 4.57. The lowest BCUT2D eigenvalue weighted by Gasteiger charge is -2.13. The van der Waals surface area contributed by atoms with Crippen molar-refractivity contribution in [2.45, 2.75) is 26.5 Å². The first-order chi connectivity index (χ1) is 15.9. The molecule has 0 spiro atoms. The first-order valence-corrected chi connectivity index (χ1v) is 10.6. The van der Waals surface area contributed by atoms with Crippen molar-refractivity contribution in [2.75, 3.05) is 12.4 Å². The fraction of sp³-hybridized carbons (Fsp3) is 0.192. The van der Waals surface area contributed by atoms with Gasteiger partial charge in [-0.1, -0.05) is 18.2 Å². The highest BCUT2D eigenvalue weighted by Crippen LogP contribution is 2.29. The summed E-state index contributed by atoms with van der Waals surface area (Å²) in [7, 11) is 1.58. The van der Waals surface area contributed by atoms with Gasteiger partial charge in [-0.2, -0.15) is 0 Å². The highest BCUT2D eigenvalue weighted by atomic mass is 16.5. The zero-order valence-corrected chi connectivity index (χ0v) is 18.9. The second kappa shape index (κ2) is 11.5. The molecule has 33 heavy (non-hydrogen) atoms. The van der Waals surface area contributed by atoms with E-state index in [-0.39, 0.29) is 17.9 Å². The van der Waals surface area contributed by atoms with Crippen LogP contribution in [0.3, 0.4) is 0 Å². The highest BCUT2D eigenvalue weighted by Gasteiger charge is 2.08. The van der Waals surface area contributed by atoms with Crippen LogP contribution in [0.1, 0.15) is 35.3 Å². The fourth-order valence-electron chi connectivity index (χ4n) is 3.02. The molecule has 0 bridgehead atoms. The number of carbonyl (C=O) groups is 2. The minimum atomic E-state index is -0.234. The van der Waals surface area contributed by atoms with Crippen molar-refractivity contribution >= 4 is 23.6 Å². The predicted molar refractivity (Wildman–Crippen MR) is 128 cm³/mol. The lowest BCUT2D eigenvalue weighted by molar-refractivity contribution is -0.116. The molecule has 0 radical (unpaired) electrons. The van der Waals surface area contributed by atoms with E-state index >= 15 is 0 Å². The summed E-state index contributed by atoms with van der Waals surface area (Å²) in [5, 5.41) is 5.69. The zero-order valence-electron chi connectivity index (χ0n) is 18.9. The van der Waals surface area contributed by atoms with Gasteiger partial charge < -0.3 is 20.1 Å². The zero-order chi connectivity index (χ0) is 23.6. The van der Waals surface area contributed by atoms with Gasteiger partial charge in [-0.3, -0.25) is 14.6 Å². The van der Waals surface area contributed by atoms with Gasteiger partial charge in [-0.15, -0.1) is 0 Å². The molecule has 1 aromatic heterocycles. The molecule has 0 saturated carbocycles. The Labute approximate surface area is 193 Å². The van der Waals surface area contributed by atoms with Crippen molar-refractivity contribution in [3.05, 3.63) is 89.8 Å². The second-order valence-electron chi connectivity index (χ2n) is 7.52. The number of nitrogens with zero attached hydrogens (tertiary/aromatic N) is 1. The molecule has 1 heterocycles. The molecular weight excluding hydrogens is 418 g/mol. The Kier molecular flexibility index (Phi) is 8.18. The molecular formula is C26H27N3O4. The summed E-state index contributed by atoms with van der Waals surface area (Å²) < 4.78 is 11.1. The molecule has 7 nitrogen and oxygen atoms in total. The van der Waals surface area contributed by atoms with Crippen molar-refractivity contribution < 1.29 is 19.1 Å². The Hall–Kier alpha value is -4.13. The summed E-state index contributed by atoms with van der Waals surface area (Å²) in [6, 6.07) is 16.1. The fourth-order valence-corrected chi connectivity index (χ4v) is 3.02. The van der Waals surface area contributed by atoms with Crippen LogP contribution in [-0.2, 0) is 11.3 Å². The molecule has 0 aliphatic heterocycles. The van der Waals surface area contributed by atoms with Gasteiger partial charge in [-0.05, 0) is 67.4 Å². The van der Waals surface area contributed by atoms with Crippen LogP contribution in [0.5, 0.6) is 11.5 Å². The number of aromatic nitrogens is 1. The Morgan fingerprint density at radius 2 is 1.82 bits per heavy atom. The first kappa shape index (κ1) is 23.5. The monoisotopic (exact) mass is 445 g/mol. The second-order valence-corrected chi connectivity index (χ2v) is 7.52. The molecule has 170 valence electrons. The third-order valence-corrected chi connectivity index (χ3v) is 4.57. The number of rotatable bonds is 9. The van der Waals surface area contributed by atoms with Gasteiger partial charge in [0.05, 0.1) is 13.2 Å². The van der Waals surface area contributed by atoms with Gasteiger partial charge in [0.25, 0.3) is 5.91 Å². The molecule has 0 unspecified atom stereocenters. The molecule has 7 heteroatoms. The maximum absolute atomic E-state index is 12.3. The van der Waals surface area contributed by atoms with Crippen molar-refractivity contribution in [2.24, 2.45) is 0 Å². The molecule has 2 N–H and O–H groups in total. The Balaban J connectivity index is 1.56. The number of pyridine rings is 1. The number of nitrogens with one attached hydrogen (secondary N) is 2. The van der Waals surface area contributed by atoms with Crippen LogP contribution in [0.15, 0.2) is 73.1 Å². The topological polar surface area (TPSA) is 89.6 Å².